The normalized spacial score (nSPS) is 13.6. The van der Waals surface area contributed by atoms with Crippen LogP contribution in [0.1, 0.15) is 11.1 Å². The molecule has 0 aliphatic heterocycles. The minimum atomic E-state index is -2.56. The lowest BCUT2D eigenvalue weighted by Gasteiger charge is -2.09. The Morgan fingerprint density at radius 2 is 1.65 bits per heavy atom. The van der Waals surface area contributed by atoms with E-state index < -0.39 is 5.69 Å². The highest BCUT2D eigenvalue weighted by molar-refractivity contribution is 8.65. The fraction of sp³-hybridized carbons (Fsp3) is 0.143. The second-order valence-electron chi connectivity index (χ2n) is 4.29. The molecule has 3 nitrogen and oxygen atoms in total. The molecule has 0 saturated heterocycles. The predicted octanol–water partition coefficient (Wildman–Crippen LogP) is 3.88. The van der Waals surface area contributed by atoms with E-state index in [9.17, 15) is 0 Å². The molecule has 2 aromatic rings. The van der Waals surface area contributed by atoms with E-state index in [-0.39, 0.29) is 0 Å². The average Bonchev–Trinajstić information content (AvgIpc) is 2.44. The molecule has 1 radical (unpaired) electrons. The Balaban J connectivity index is 2.24. The maximum Gasteiger partial charge on any atom is 0.624 e. The summed E-state index contributed by atoms with van der Waals surface area (Å²) in [7, 11) is 0. The van der Waals surface area contributed by atoms with E-state index in [0.29, 0.717) is 0 Å². The number of quaternary nitrogens is 1. The first kappa shape index (κ1) is 15.4. The van der Waals surface area contributed by atoms with Gasteiger partial charge in [-0.3, -0.25) is 5.14 Å². The van der Waals surface area contributed by atoms with Gasteiger partial charge >= 0.3 is 11.4 Å². The van der Waals surface area contributed by atoms with Gasteiger partial charge in [-0.15, -0.1) is 0 Å². The van der Waals surface area contributed by atoms with Crippen molar-refractivity contribution < 1.29 is 14.2 Å². The molecule has 105 valence electrons. The van der Waals surface area contributed by atoms with Crippen molar-refractivity contribution in [3.8, 4) is 11.5 Å². The second kappa shape index (κ2) is 6.64. The maximum atomic E-state index is 5.95. The standard InChI is InChI=1S/C14H16NO2PS2/c1-11-7-3-5-9-13(11)16-18(19,20-15)17-14-10-6-4-8-12(14)2/h3-10H,15H2,1-2H3/q+1/p+1. The van der Waals surface area contributed by atoms with E-state index in [1.54, 1.807) is 0 Å². The molecule has 0 bridgehead atoms. The fourth-order valence-corrected chi connectivity index (χ4v) is 3.94. The first-order chi connectivity index (χ1) is 9.54. The van der Waals surface area contributed by atoms with Crippen LogP contribution < -0.4 is 14.2 Å². The van der Waals surface area contributed by atoms with Crippen molar-refractivity contribution in [1.82, 2.24) is 0 Å². The first-order valence-electron chi connectivity index (χ1n) is 6.08. The smallest absolute Gasteiger partial charge is 0.385 e. The number of hydrogen-bond donors (Lipinski definition) is 1. The van der Waals surface area contributed by atoms with Crippen molar-refractivity contribution in [2.24, 2.45) is 0 Å². The van der Waals surface area contributed by atoms with Gasteiger partial charge in [-0.2, -0.15) is 4.52 Å². The molecular formula is C14H17NO2PS2+2. The summed E-state index contributed by atoms with van der Waals surface area (Å²) in [5, 5.41) is 3.82. The molecule has 3 N–H and O–H groups in total. The zero-order chi connectivity index (χ0) is 14.6. The monoisotopic (exact) mass is 326 g/mol. The summed E-state index contributed by atoms with van der Waals surface area (Å²) >= 11 is 6.76. The van der Waals surface area contributed by atoms with Gasteiger partial charge in [0.25, 0.3) is 11.6 Å². The molecule has 0 unspecified atom stereocenters. The Bertz CT molecular complexity index is 597. The Morgan fingerprint density at radius 3 is 2.25 bits per heavy atom. The average molecular weight is 326 g/mol. The van der Waals surface area contributed by atoms with Crippen LogP contribution in [0, 0.1) is 13.8 Å². The lowest BCUT2D eigenvalue weighted by atomic mass is 10.2. The highest BCUT2D eigenvalue weighted by Gasteiger charge is 2.42. The summed E-state index contributed by atoms with van der Waals surface area (Å²) in [5.74, 6) is 1.50. The lowest BCUT2D eigenvalue weighted by molar-refractivity contribution is -0.133. The van der Waals surface area contributed by atoms with Gasteiger partial charge in [-0.05, 0) is 31.5 Å². The molecular weight excluding hydrogens is 309 g/mol. The third-order valence-electron chi connectivity index (χ3n) is 2.77. The SMILES string of the molecule is Cc1ccccc1OP(=S)([O+]c1ccccc1C)S[NH3+]. The summed E-state index contributed by atoms with van der Waals surface area (Å²) < 4.78 is 11.9. The van der Waals surface area contributed by atoms with Crippen LogP contribution in [0.25, 0.3) is 0 Å². The van der Waals surface area contributed by atoms with Gasteiger partial charge in [0, 0.05) is 6.07 Å². The minimum absolute atomic E-state index is 0.751. The number of para-hydroxylation sites is 2. The van der Waals surface area contributed by atoms with Gasteiger partial charge in [-0.1, -0.05) is 30.3 Å². The summed E-state index contributed by atoms with van der Waals surface area (Å²) in [4.78, 5) is 0. The van der Waals surface area contributed by atoms with Crippen molar-refractivity contribution >= 4 is 29.1 Å². The zero-order valence-corrected chi connectivity index (χ0v) is 13.9. The largest absolute Gasteiger partial charge is 0.624 e. The molecule has 0 aliphatic rings. The van der Waals surface area contributed by atoms with E-state index in [1.165, 1.54) is 11.6 Å². The number of aryl methyl sites for hydroxylation is 2. The number of benzene rings is 2. The fourth-order valence-electron chi connectivity index (χ4n) is 1.63. The molecule has 0 atom stereocenters. The quantitative estimate of drug-likeness (QED) is 0.515. The highest BCUT2D eigenvalue weighted by Crippen LogP contribution is 2.57. The van der Waals surface area contributed by atoms with Crippen molar-refractivity contribution in [3.63, 3.8) is 0 Å². The Labute approximate surface area is 128 Å². The molecule has 0 saturated carbocycles. The number of hydrogen-bond acceptors (Lipinski definition) is 4. The van der Waals surface area contributed by atoms with Gasteiger partial charge in [0.1, 0.15) is 5.75 Å². The molecule has 0 heterocycles. The van der Waals surface area contributed by atoms with Gasteiger partial charge in [0.2, 0.25) is 0 Å². The second-order valence-corrected chi connectivity index (χ2v) is 10.2. The van der Waals surface area contributed by atoms with Crippen LogP contribution in [0.15, 0.2) is 48.5 Å². The zero-order valence-electron chi connectivity index (χ0n) is 11.4. The highest BCUT2D eigenvalue weighted by atomic mass is 32.9. The maximum absolute atomic E-state index is 5.95. The Hall–Kier alpha value is -1.00. The van der Waals surface area contributed by atoms with Crippen LogP contribution in [0.3, 0.4) is 0 Å². The van der Waals surface area contributed by atoms with Crippen LogP contribution in [0.2, 0.25) is 0 Å². The van der Waals surface area contributed by atoms with Crippen LogP contribution >= 0.6 is 17.3 Å². The minimum Gasteiger partial charge on any atom is -0.385 e. The van der Waals surface area contributed by atoms with Crippen molar-refractivity contribution in [1.29, 1.82) is 0 Å². The molecule has 2 aromatic carbocycles. The summed E-state index contributed by atoms with van der Waals surface area (Å²) in [6.07, 6.45) is 0. The summed E-state index contributed by atoms with van der Waals surface area (Å²) in [6.45, 7) is 3.97. The Morgan fingerprint density at radius 1 is 1.05 bits per heavy atom. The summed E-state index contributed by atoms with van der Waals surface area (Å²) in [6, 6.07) is 15.5. The van der Waals surface area contributed by atoms with E-state index in [0.717, 1.165) is 22.6 Å². The van der Waals surface area contributed by atoms with Gasteiger partial charge < -0.3 is 4.52 Å². The van der Waals surface area contributed by atoms with E-state index in [2.05, 4.69) is 5.14 Å². The van der Waals surface area contributed by atoms with Gasteiger partial charge in [0.05, 0.1) is 17.4 Å². The van der Waals surface area contributed by atoms with E-state index >= 15 is 0 Å². The van der Waals surface area contributed by atoms with Crippen molar-refractivity contribution in [3.05, 3.63) is 59.7 Å². The molecule has 2 rings (SSSR count). The molecule has 20 heavy (non-hydrogen) atoms. The van der Waals surface area contributed by atoms with Crippen LogP contribution in [0.5, 0.6) is 11.5 Å². The van der Waals surface area contributed by atoms with Crippen LogP contribution in [-0.2, 0) is 11.8 Å². The summed E-state index contributed by atoms with van der Waals surface area (Å²) in [5.41, 5.74) is -0.496. The topological polar surface area (TPSA) is 48.2 Å². The van der Waals surface area contributed by atoms with Crippen LogP contribution in [0.4, 0.5) is 0 Å². The van der Waals surface area contributed by atoms with Crippen molar-refractivity contribution in [2.45, 2.75) is 13.8 Å². The molecule has 0 amide bonds. The third kappa shape index (κ3) is 3.76. The first-order valence-corrected chi connectivity index (χ1v) is 10.3. The van der Waals surface area contributed by atoms with E-state index in [1.807, 2.05) is 62.4 Å². The van der Waals surface area contributed by atoms with Gasteiger partial charge in [-0.25, -0.2) is 0 Å². The number of rotatable bonds is 5. The van der Waals surface area contributed by atoms with E-state index in [4.69, 9.17) is 20.9 Å². The van der Waals surface area contributed by atoms with Crippen LogP contribution in [-0.4, -0.2) is 0 Å². The molecule has 0 spiro atoms. The molecule has 6 heteroatoms. The lowest BCUT2D eigenvalue weighted by Crippen LogP contribution is -2.36. The van der Waals surface area contributed by atoms with Crippen molar-refractivity contribution in [2.75, 3.05) is 0 Å². The predicted molar refractivity (Wildman–Crippen MR) is 88.4 cm³/mol. The Kier molecular flexibility index (Phi) is 5.11. The molecule has 0 aliphatic carbocycles. The third-order valence-corrected chi connectivity index (χ3v) is 6.71. The molecule has 0 aromatic heterocycles. The van der Waals surface area contributed by atoms with Gasteiger partial charge in [0.15, 0.2) is 0 Å². The molecule has 0 fully saturated rings.